The Labute approximate surface area is 109 Å². The second-order valence-corrected chi connectivity index (χ2v) is 5.96. The van der Waals surface area contributed by atoms with Crippen LogP contribution in [0, 0.1) is 13.8 Å². The van der Waals surface area contributed by atoms with E-state index in [4.69, 9.17) is 0 Å². The Morgan fingerprint density at radius 2 is 2.06 bits per heavy atom. The van der Waals surface area contributed by atoms with Gasteiger partial charge in [-0.1, -0.05) is 6.92 Å². The minimum Gasteiger partial charge on any atom is -0.382 e. The van der Waals surface area contributed by atoms with Crippen molar-refractivity contribution in [2.45, 2.75) is 47.1 Å². The van der Waals surface area contributed by atoms with Crippen molar-refractivity contribution < 1.29 is 0 Å². The molecular formula is C13H25N3S. The van der Waals surface area contributed by atoms with Crippen LogP contribution in [0.2, 0.25) is 0 Å². The predicted octanol–water partition coefficient (Wildman–Crippen LogP) is 3.64. The molecule has 0 aromatic carbocycles. The molecule has 0 amide bonds. The van der Waals surface area contributed by atoms with E-state index in [2.05, 4.69) is 49.7 Å². The summed E-state index contributed by atoms with van der Waals surface area (Å²) in [5, 5.41) is 8.09. The molecule has 1 aromatic rings. The van der Waals surface area contributed by atoms with E-state index in [-0.39, 0.29) is 0 Å². The first-order chi connectivity index (χ1) is 8.07. The van der Waals surface area contributed by atoms with E-state index < -0.39 is 0 Å². The van der Waals surface area contributed by atoms with E-state index in [0.717, 1.165) is 12.2 Å². The molecule has 0 saturated heterocycles. The lowest BCUT2D eigenvalue weighted by Gasteiger charge is -2.09. The standard InChI is InChI=1S/C13H25N3S/c1-6-17-9-7-8-14-13-11(4)15-16(10(2)3)12(13)5/h10,14H,6-9H2,1-5H3. The first-order valence-corrected chi connectivity index (χ1v) is 7.60. The minimum absolute atomic E-state index is 0.430. The molecule has 0 aliphatic heterocycles. The van der Waals surface area contributed by atoms with Crippen LogP contribution in [0.15, 0.2) is 0 Å². The zero-order chi connectivity index (χ0) is 12.8. The number of anilines is 1. The quantitative estimate of drug-likeness (QED) is 0.754. The molecule has 0 fully saturated rings. The van der Waals surface area contributed by atoms with Crippen LogP contribution in [0.4, 0.5) is 5.69 Å². The third-order valence-corrected chi connectivity index (χ3v) is 3.77. The summed E-state index contributed by atoms with van der Waals surface area (Å²) in [4.78, 5) is 0. The van der Waals surface area contributed by atoms with Crippen molar-refractivity contribution in [2.75, 3.05) is 23.4 Å². The zero-order valence-corrected chi connectivity index (χ0v) is 12.5. The fraction of sp³-hybridized carbons (Fsp3) is 0.769. The summed E-state index contributed by atoms with van der Waals surface area (Å²) in [5.74, 6) is 2.45. The number of hydrogen-bond donors (Lipinski definition) is 1. The lowest BCUT2D eigenvalue weighted by Crippen LogP contribution is -2.07. The second kappa shape index (κ2) is 6.94. The highest BCUT2D eigenvalue weighted by atomic mass is 32.2. The van der Waals surface area contributed by atoms with Crippen LogP contribution in [-0.4, -0.2) is 27.8 Å². The van der Waals surface area contributed by atoms with E-state index in [1.165, 1.54) is 29.3 Å². The number of nitrogens with one attached hydrogen (secondary N) is 1. The highest BCUT2D eigenvalue weighted by Crippen LogP contribution is 2.22. The van der Waals surface area contributed by atoms with Gasteiger partial charge in [0.25, 0.3) is 0 Å². The molecule has 17 heavy (non-hydrogen) atoms. The molecule has 0 aliphatic carbocycles. The molecule has 0 atom stereocenters. The summed E-state index contributed by atoms with van der Waals surface area (Å²) in [6.45, 7) is 11.8. The van der Waals surface area contributed by atoms with Crippen molar-refractivity contribution in [3.05, 3.63) is 11.4 Å². The van der Waals surface area contributed by atoms with Crippen LogP contribution < -0.4 is 5.32 Å². The second-order valence-electron chi connectivity index (χ2n) is 4.56. The Hall–Kier alpha value is -0.640. The van der Waals surface area contributed by atoms with Gasteiger partial charge in [-0.05, 0) is 45.6 Å². The number of aryl methyl sites for hydroxylation is 1. The van der Waals surface area contributed by atoms with Gasteiger partial charge in [-0.15, -0.1) is 0 Å². The highest BCUT2D eigenvalue weighted by molar-refractivity contribution is 7.99. The van der Waals surface area contributed by atoms with Crippen molar-refractivity contribution in [2.24, 2.45) is 0 Å². The molecule has 0 spiro atoms. The average Bonchev–Trinajstić information content (AvgIpc) is 2.56. The van der Waals surface area contributed by atoms with Crippen molar-refractivity contribution in [1.29, 1.82) is 0 Å². The summed E-state index contributed by atoms with van der Waals surface area (Å²) in [6.07, 6.45) is 1.21. The van der Waals surface area contributed by atoms with Gasteiger partial charge in [-0.25, -0.2) is 0 Å². The van der Waals surface area contributed by atoms with Gasteiger partial charge in [0.2, 0.25) is 0 Å². The average molecular weight is 255 g/mol. The van der Waals surface area contributed by atoms with Gasteiger partial charge in [-0.2, -0.15) is 16.9 Å². The molecule has 1 aromatic heterocycles. The van der Waals surface area contributed by atoms with Crippen LogP contribution >= 0.6 is 11.8 Å². The Bertz CT molecular complexity index is 345. The van der Waals surface area contributed by atoms with Gasteiger partial charge in [0.05, 0.1) is 17.1 Å². The molecule has 1 N–H and O–H groups in total. The van der Waals surface area contributed by atoms with E-state index >= 15 is 0 Å². The number of hydrogen-bond acceptors (Lipinski definition) is 3. The predicted molar refractivity (Wildman–Crippen MR) is 78.2 cm³/mol. The molecule has 4 heteroatoms. The lowest BCUT2D eigenvalue weighted by atomic mass is 10.3. The molecule has 3 nitrogen and oxygen atoms in total. The fourth-order valence-corrected chi connectivity index (χ4v) is 2.59. The molecular weight excluding hydrogens is 230 g/mol. The van der Waals surface area contributed by atoms with Gasteiger partial charge in [-0.3, -0.25) is 4.68 Å². The van der Waals surface area contributed by atoms with Crippen LogP contribution in [0.3, 0.4) is 0 Å². The summed E-state index contributed by atoms with van der Waals surface area (Å²) >= 11 is 2.00. The molecule has 1 heterocycles. The SMILES string of the molecule is CCSCCCNc1c(C)nn(C(C)C)c1C. The molecule has 0 unspecified atom stereocenters. The topological polar surface area (TPSA) is 29.9 Å². The van der Waals surface area contributed by atoms with E-state index in [0.29, 0.717) is 6.04 Å². The first kappa shape index (κ1) is 14.4. The maximum atomic E-state index is 4.57. The smallest absolute Gasteiger partial charge is 0.0828 e. The fourth-order valence-electron chi connectivity index (χ4n) is 1.95. The van der Waals surface area contributed by atoms with E-state index in [9.17, 15) is 0 Å². The Kier molecular flexibility index (Phi) is 5.89. The molecule has 98 valence electrons. The Morgan fingerprint density at radius 1 is 1.35 bits per heavy atom. The number of nitrogens with zero attached hydrogens (tertiary/aromatic N) is 2. The highest BCUT2D eigenvalue weighted by Gasteiger charge is 2.12. The lowest BCUT2D eigenvalue weighted by molar-refractivity contribution is 0.516. The Balaban J connectivity index is 2.53. The van der Waals surface area contributed by atoms with Crippen molar-refractivity contribution in [3.63, 3.8) is 0 Å². The number of aromatic nitrogens is 2. The van der Waals surface area contributed by atoms with Gasteiger partial charge >= 0.3 is 0 Å². The molecule has 0 radical (unpaired) electrons. The summed E-state index contributed by atoms with van der Waals surface area (Å²) in [7, 11) is 0. The number of thioether (sulfide) groups is 1. The Morgan fingerprint density at radius 3 is 2.59 bits per heavy atom. The van der Waals surface area contributed by atoms with Crippen LogP contribution in [0.25, 0.3) is 0 Å². The maximum Gasteiger partial charge on any atom is 0.0828 e. The molecule has 1 rings (SSSR count). The molecule has 0 bridgehead atoms. The van der Waals surface area contributed by atoms with E-state index in [1.54, 1.807) is 0 Å². The van der Waals surface area contributed by atoms with Crippen molar-refractivity contribution >= 4 is 17.4 Å². The number of rotatable bonds is 7. The van der Waals surface area contributed by atoms with Gasteiger partial charge in [0, 0.05) is 12.6 Å². The third-order valence-electron chi connectivity index (χ3n) is 2.79. The minimum atomic E-state index is 0.430. The third kappa shape index (κ3) is 3.95. The zero-order valence-electron chi connectivity index (χ0n) is 11.7. The van der Waals surface area contributed by atoms with E-state index in [1.807, 2.05) is 11.8 Å². The van der Waals surface area contributed by atoms with Gasteiger partial charge in [0.1, 0.15) is 0 Å². The monoisotopic (exact) mass is 255 g/mol. The first-order valence-electron chi connectivity index (χ1n) is 6.45. The van der Waals surface area contributed by atoms with Gasteiger partial charge in [0.15, 0.2) is 0 Å². The van der Waals surface area contributed by atoms with Crippen molar-refractivity contribution in [1.82, 2.24) is 9.78 Å². The largest absolute Gasteiger partial charge is 0.382 e. The summed E-state index contributed by atoms with van der Waals surface area (Å²) in [5.41, 5.74) is 3.58. The molecule has 0 aliphatic rings. The van der Waals surface area contributed by atoms with Crippen LogP contribution in [-0.2, 0) is 0 Å². The summed E-state index contributed by atoms with van der Waals surface area (Å²) in [6, 6.07) is 0.430. The normalized spacial score (nSPS) is 11.2. The molecule has 0 saturated carbocycles. The maximum absolute atomic E-state index is 4.57. The summed E-state index contributed by atoms with van der Waals surface area (Å²) < 4.78 is 2.10. The van der Waals surface area contributed by atoms with Crippen LogP contribution in [0.1, 0.15) is 44.6 Å². The van der Waals surface area contributed by atoms with Crippen LogP contribution in [0.5, 0.6) is 0 Å². The van der Waals surface area contributed by atoms with Gasteiger partial charge < -0.3 is 5.32 Å². The van der Waals surface area contributed by atoms with Crippen molar-refractivity contribution in [3.8, 4) is 0 Å².